The molecule has 0 spiro atoms. The first-order valence-corrected chi connectivity index (χ1v) is 12.6. The second-order valence-electron chi connectivity index (χ2n) is 9.41. The predicted octanol–water partition coefficient (Wildman–Crippen LogP) is 5.44. The van der Waals surface area contributed by atoms with Crippen LogP contribution >= 0.6 is 0 Å². The summed E-state index contributed by atoms with van der Waals surface area (Å²) in [4.78, 5) is 29.3. The average Bonchev–Trinajstić information content (AvgIpc) is 3.20. The van der Waals surface area contributed by atoms with Crippen LogP contribution in [-0.4, -0.2) is 31.0 Å². The lowest BCUT2D eigenvalue weighted by atomic mass is 9.87. The van der Waals surface area contributed by atoms with Crippen molar-refractivity contribution in [1.29, 1.82) is 0 Å². The van der Waals surface area contributed by atoms with E-state index in [-0.39, 0.29) is 11.3 Å². The first-order chi connectivity index (χ1) is 19.3. The summed E-state index contributed by atoms with van der Waals surface area (Å²) in [6.45, 7) is 1.93. The molecule has 8 nitrogen and oxygen atoms in total. The highest BCUT2D eigenvalue weighted by Crippen LogP contribution is 2.48. The molecule has 40 heavy (non-hydrogen) atoms. The molecule has 8 heteroatoms. The smallest absolute Gasteiger partial charge is 0.301 e. The third kappa shape index (κ3) is 4.39. The number of para-hydroxylation sites is 2. The van der Waals surface area contributed by atoms with Gasteiger partial charge in [-0.1, -0.05) is 42.0 Å². The molecule has 1 saturated heterocycles. The highest BCUT2D eigenvalue weighted by molar-refractivity contribution is 6.52. The molecular formula is C32H29N3O5. The van der Waals surface area contributed by atoms with E-state index >= 15 is 0 Å². The Hall–Kier alpha value is -5.24. The van der Waals surface area contributed by atoms with Crippen molar-refractivity contribution in [3.63, 3.8) is 0 Å². The molecule has 0 bridgehead atoms. The Labute approximate surface area is 232 Å². The molecule has 4 aromatic carbocycles. The molecule has 1 aliphatic heterocycles. The van der Waals surface area contributed by atoms with E-state index in [4.69, 9.17) is 15.2 Å². The van der Waals surface area contributed by atoms with Crippen molar-refractivity contribution >= 4 is 34.5 Å². The van der Waals surface area contributed by atoms with Crippen molar-refractivity contribution in [1.82, 2.24) is 0 Å². The predicted molar refractivity (Wildman–Crippen MR) is 155 cm³/mol. The van der Waals surface area contributed by atoms with E-state index in [2.05, 4.69) is 5.32 Å². The number of aliphatic hydroxyl groups is 1. The summed E-state index contributed by atoms with van der Waals surface area (Å²) in [5, 5.41) is 15.2. The number of nitrogens with one attached hydrogen (secondary N) is 1. The lowest BCUT2D eigenvalue weighted by Gasteiger charge is -2.41. The summed E-state index contributed by atoms with van der Waals surface area (Å²) >= 11 is 0. The van der Waals surface area contributed by atoms with E-state index < -0.39 is 17.4 Å². The van der Waals surface area contributed by atoms with E-state index in [0.717, 1.165) is 5.56 Å². The summed E-state index contributed by atoms with van der Waals surface area (Å²) < 4.78 is 10.6. The Morgan fingerprint density at radius 3 is 1.98 bits per heavy atom. The number of nitrogens with zero attached hydrogens (tertiary/aromatic N) is 1. The molecule has 1 fully saturated rings. The largest absolute Gasteiger partial charge is 0.507 e. The summed E-state index contributed by atoms with van der Waals surface area (Å²) in [7, 11) is 3.09. The molecule has 0 aliphatic carbocycles. The second kappa shape index (κ2) is 10.5. The Morgan fingerprint density at radius 1 is 0.825 bits per heavy atom. The van der Waals surface area contributed by atoms with Crippen molar-refractivity contribution in [2.24, 2.45) is 0 Å². The van der Waals surface area contributed by atoms with Crippen molar-refractivity contribution in [2.45, 2.75) is 12.6 Å². The van der Waals surface area contributed by atoms with Gasteiger partial charge in [-0.2, -0.15) is 0 Å². The van der Waals surface area contributed by atoms with Gasteiger partial charge in [-0.3, -0.25) is 14.5 Å². The van der Waals surface area contributed by atoms with Crippen LogP contribution < -0.4 is 25.4 Å². The van der Waals surface area contributed by atoms with Crippen molar-refractivity contribution in [3.05, 3.63) is 119 Å². The van der Waals surface area contributed by atoms with Crippen molar-refractivity contribution < 1.29 is 24.2 Å². The summed E-state index contributed by atoms with van der Waals surface area (Å²) in [6.07, 6.45) is 0. The fraction of sp³-hybridized carbons (Fsp3) is 0.125. The Morgan fingerprint density at radius 2 is 1.40 bits per heavy atom. The molecule has 0 radical (unpaired) electrons. The fourth-order valence-electron chi connectivity index (χ4n) is 4.92. The van der Waals surface area contributed by atoms with Crippen LogP contribution in [0.4, 0.5) is 17.1 Å². The number of carbonyl (C=O) groups excluding carboxylic acids is 2. The van der Waals surface area contributed by atoms with Crippen LogP contribution in [0.1, 0.15) is 16.7 Å². The van der Waals surface area contributed by atoms with Crippen LogP contribution in [-0.2, 0) is 15.3 Å². The molecule has 0 saturated carbocycles. The van der Waals surface area contributed by atoms with Crippen LogP contribution in [0.2, 0.25) is 0 Å². The average molecular weight is 536 g/mol. The molecule has 0 aromatic heterocycles. The quantitative estimate of drug-likeness (QED) is 0.125. The standard InChI is InChI=1S/C32H29N3O5/c1-20-8-14-23(15-9-20)35-31(38)30(37)28(29(36)21-10-16-24(39-2)17-11-21)32(35,22-12-18-25(40-3)19-13-22)34-27-7-5-4-6-26(27)33/h4-19,34,36H,33H2,1-3H3/b29-28-. The number of amides is 1. The maximum absolute atomic E-state index is 14.0. The number of nitrogen functional groups attached to an aromatic ring is 1. The fourth-order valence-corrected chi connectivity index (χ4v) is 4.92. The highest BCUT2D eigenvalue weighted by atomic mass is 16.5. The third-order valence-corrected chi connectivity index (χ3v) is 7.00. The maximum atomic E-state index is 14.0. The third-order valence-electron chi connectivity index (χ3n) is 7.00. The number of aliphatic hydroxyl groups excluding tert-OH is 1. The van der Waals surface area contributed by atoms with Crippen molar-refractivity contribution in [2.75, 3.05) is 30.2 Å². The zero-order chi connectivity index (χ0) is 28.4. The number of Topliss-reactive ketones (excluding diaryl/α,β-unsaturated/α-hetero) is 1. The molecule has 5 rings (SSSR count). The number of carbonyl (C=O) groups is 2. The Bertz CT molecular complexity index is 1600. The van der Waals surface area contributed by atoms with Gasteiger partial charge in [-0.25, -0.2) is 0 Å². The minimum Gasteiger partial charge on any atom is -0.507 e. The van der Waals surface area contributed by atoms with E-state index in [1.54, 1.807) is 92.0 Å². The number of aryl methyl sites for hydroxylation is 1. The van der Waals surface area contributed by atoms with Gasteiger partial charge in [0.1, 0.15) is 17.3 Å². The highest BCUT2D eigenvalue weighted by Gasteiger charge is 2.59. The monoisotopic (exact) mass is 535 g/mol. The SMILES string of the molecule is COc1ccc(/C(O)=C2\C(=O)C(=O)N(c3ccc(C)cc3)C2(Nc2ccccc2N)c2ccc(OC)cc2)cc1. The minimum atomic E-state index is -1.69. The van der Waals surface area contributed by atoms with Crippen LogP contribution in [0, 0.1) is 6.92 Å². The molecule has 202 valence electrons. The molecule has 4 N–H and O–H groups in total. The van der Waals surface area contributed by atoms with Gasteiger partial charge in [0.2, 0.25) is 0 Å². The van der Waals surface area contributed by atoms with Crippen molar-refractivity contribution in [3.8, 4) is 11.5 Å². The number of methoxy groups -OCH3 is 2. The Balaban J connectivity index is 1.87. The second-order valence-corrected chi connectivity index (χ2v) is 9.41. The minimum absolute atomic E-state index is 0.142. The lowest BCUT2D eigenvalue weighted by molar-refractivity contribution is -0.132. The van der Waals surface area contributed by atoms with Gasteiger partial charge in [0.25, 0.3) is 5.78 Å². The van der Waals surface area contributed by atoms with Gasteiger partial charge < -0.3 is 25.6 Å². The number of benzene rings is 4. The number of hydrogen-bond acceptors (Lipinski definition) is 7. The van der Waals surface area contributed by atoms with Crippen LogP contribution in [0.3, 0.4) is 0 Å². The topological polar surface area (TPSA) is 114 Å². The van der Waals surface area contributed by atoms with E-state index in [9.17, 15) is 14.7 Å². The summed E-state index contributed by atoms with van der Waals surface area (Å²) in [5.74, 6) is -0.856. The summed E-state index contributed by atoms with van der Waals surface area (Å²) in [6, 6.07) is 27.8. The number of nitrogens with two attached hydrogens (primary N) is 1. The van der Waals surface area contributed by atoms with E-state index in [1.165, 1.54) is 12.0 Å². The first kappa shape index (κ1) is 26.4. The zero-order valence-corrected chi connectivity index (χ0v) is 22.3. The van der Waals surface area contributed by atoms with Gasteiger partial charge in [0.05, 0.1) is 31.2 Å². The number of hydrogen-bond donors (Lipinski definition) is 3. The number of rotatable bonds is 7. The van der Waals surface area contributed by atoms with E-state index in [0.29, 0.717) is 39.7 Å². The Kier molecular flexibility index (Phi) is 6.92. The van der Waals surface area contributed by atoms with Gasteiger partial charge >= 0.3 is 5.91 Å². The summed E-state index contributed by atoms with van der Waals surface area (Å²) in [5.41, 5.74) is 7.68. The zero-order valence-electron chi connectivity index (χ0n) is 22.3. The van der Waals surface area contributed by atoms with Crippen LogP contribution in [0.5, 0.6) is 11.5 Å². The lowest BCUT2D eigenvalue weighted by Crippen LogP contribution is -2.51. The molecule has 1 atom stereocenters. The van der Waals surface area contributed by atoms with E-state index in [1.807, 2.05) is 19.1 Å². The normalized spacial score (nSPS) is 18.0. The van der Waals surface area contributed by atoms with Gasteiger partial charge in [-0.05, 0) is 67.6 Å². The molecule has 1 heterocycles. The first-order valence-electron chi connectivity index (χ1n) is 12.6. The number of anilines is 3. The number of ether oxygens (including phenoxy) is 2. The molecule has 1 aliphatic rings. The molecular weight excluding hydrogens is 506 g/mol. The molecule has 4 aromatic rings. The number of ketones is 1. The maximum Gasteiger partial charge on any atom is 0.301 e. The van der Waals surface area contributed by atoms with Gasteiger partial charge in [-0.15, -0.1) is 0 Å². The molecule has 1 unspecified atom stereocenters. The van der Waals surface area contributed by atoms with Crippen LogP contribution in [0.25, 0.3) is 5.76 Å². The van der Waals surface area contributed by atoms with Gasteiger partial charge in [0, 0.05) is 16.8 Å². The molecule has 1 amide bonds. The van der Waals surface area contributed by atoms with Gasteiger partial charge in [0.15, 0.2) is 5.66 Å². The van der Waals surface area contributed by atoms with Crippen LogP contribution in [0.15, 0.2) is 103 Å².